The third kappa shape index (κ3) is 4.40. The monoisotopic (exact) mass is 431 g/mol. The minimum atomic E-state index is -1.32. The molecule has 0 radical (unpaired) electrons. The Bertz CT molecular complexity index is 1180. The standard InChI is InChI=1S/C23H23ClFNO4/c1-13(23(2,3)30)11-26-12-17(22(28)29)21(27)16-10-14(7-8-19(16)26)9-15-5-4-6-18(24)20(15)25/h4-8,10,12-13,30H,9,11H2,1-3H3,(H,28,29)/t13-/m0/s1. The van der Waals surface area contributed by atoms with Crippen molar-refractivity contribution in [1.29, 1.82) is 0 Å². The highest BCUT2D eigenvalue weighted by molar-refractivity contribution is 6.30. The van der Waals surface area contributed by atoms with E-state index in [0.717, 1.165) is 0 Å². The van der Waals surface area contributed by atoms with E-state index in [1.54, 1.807) is 48.7 Å². The van der Waals surface area contributed by atoms with Crippen LogP contribution in [0.1, 0.15) is 42.3 Å². The maximum atomic E-state index is 14.3. The van der Waals surface area contributed by atoms with E-state index in [4.69, 9.17) is 11.6 Å². The topological polar surface area (TPSA) is 79.5 Å². The lowest BCUT2D eigenvalue weighted by atomic mass is 9.92. The van der Waals surface area contributed by atoms with Crippen LogP contribution in [0.15, 0.2) is 47.4 Å². The molecule has 5 nitrogen and oxygen atoms in total. The number of hydrogen-bond acceptors (Lipinski definition) is 3. The molecular weight excluding hydrogens is 409 g/mol. The summed E-state index contributed by atoms with van der Waals surface area (Å²) in [6.45, 7) is 5.53. The summed E-state index contributed by atoms with van der Waals surface area (Å²) in [6, 6.07) is 9.81. The summed E-state index contributed by atoms with van der Waals surface area (Å²) >= 11 is 5.85. The van der Waals surface area contributed by atoms with Crippen molar-refractivity contribution in [2.75, 3.05) is 0 Å². The molecule has 30 heavy (non-hydrogen) atoms. The number of halogens is 2. The molecule has 0 amide bonds. The van der Waals surface area contributed by atoms with Crippen molar-refractivity contribution < 1.29 is 19.4 Å². The quantitative estimate of drug-likeness (QED) is 0.602. The van der Waals surface area contributed by atoms with Crippen LogP contribution < -0.4 is 5.43 Å². The highest BCUT2D eigenvalue weighted by Gasteiger charge is 2.24. The summed E-state index contributed by atoms with van der Waals surface area (Å²) in [4.78, 5) is 24.4. The Balaban J connectivity index is 2.13. The van der Waals surface area contributed by atoms with Gasteiger partial charge in [0.1, 0.15) is 11.4 Å². The van der Waals surface area contributed by atoms with Gasteiger partial charge in [-0.2, -0.15) is 0 Å². The first-order valence-corrected chi connectivity index (χ1v) is 9.91. The fourth-order valence-electron chi connectivity index (χ4n) is 3.28. The molecule has 3 rings (SSSR count). The number of nitrogens with zero attached hydrogens (tertiary/aromatic N) is 1. The number of aromatic nitrogens is 1. The van der Waals surface area contributed by atoms with Crippen molar-refractivity contribution in [3.05, 3.63) is 80.3 Å². The first kappa shape index (κ1) is 22.0. The summed E-state index contributed by atoms with van der Waals surface area (Å²) in [6.07, 6.45) is 1.52. The number of carbonyl (C=O) groups is 1. The molecule has 0 saturated carbocycles. The van der Waals surface area contributed by atoms with E-state index in [1.807, 2.05) is 6.92 Å². The molecule has 0 fully saturated rings. The van der Waals surface area contributed by atoms with Crippen molar-refractivity contribution in [2.24, 2.45) is 5.92 Å². The molecule has 2 N–H and O–H groups in total. The molecule has 0 bridgehead atoms. The zero-order valence-electron chi connectivity index (χ0n) is 16.9. The summed E-state index contributed by atoms with van der Waals surface area (Å²) in [5.41, 5.74) is -0.341. The fraction of sp³-hybridized carbons (Fsp3) is 0.304. The van der Waals surface area contributed by atoms with Gasteiger partial charge >= 0.3 is 5.97 Å². The molecule has 0 saturated heterocycles. The van der Waals surface area contributed by atoms with E-state index in [0.29, 0.717) is 23.2 Å². The summed E-state index contributed by atoms with van der Waals surface area (Å²) in [7, 11) is 0. The maximum absolute atomic E-state index is 14.3. The molecule has 0 aliphatic rings. The van der Waals surface area contributed by atoms with Crippen LogP contribution in [0.25, 0.3) is 10.9 Å². The minimum absolute atomic E-state index is 0.0180. The summed E-state index contributed by atoms with van der Waals surface area (Å²) in [5, 5.41) is 20.0. The van der Waals surface area contributed by atoms with Gasteiger partial charge in [0.2, 0.25) is 5.43 Å². The molecular formula is C23H23ClFNO4. The number of aromatic carboxylic acids is 1. The van der Waals surface area contributed by atoms with Crippen molar-refractivity contribution in [3.8, 4) is 0 Å². The molecule has 7 heteroatoms. The Morgan fingerprint density at radius 2 is 1.97 bits per heavy atom. The van der Waals surface area contributed by atoms with Crippen LogP contribution in [0.4, 0.5) is 4.39 Å². The van der Waals surface area contributed by atoms with Gasteiger partial charge in [-0.25, -0.2) is 9.18 Å². The second-order valence-electron chi connectivity index (χ2n) is 8.13. The second-order valence-corrected chi connectivity index (χ2v) is 8.53. The molecule has 0 aliphatic carbocycles. The van der Waals surface area contributed by atoms with Gasteiger partial charge in [-0.1, -0.05) is 36.7 Å². The lowest BCUT2D eigenvalue weighted by Gasteiger charge is -2.27. The number of aliphatic hydroxyl groups is 1. The molecule has 3 aromatic rings. The number of rotatable bonds is 6. The SMILES string of the molecule is C[C@@H](Cn1cc(C(=O)O)c(=O)c2cc(Cc3cccc(Cl)c3F)ccc21)C(C)(C)O. The molecule has 1 heterocycles. The minimum Gasteiger partial charge on any atom is -0.477 e. The van der Waals surface area contributed by atoms with Crippen LogP contribution in [0, 0.1) is 11.7 Å². The van der Waals surface area contributed by atoms with E-state index in [-0.39, 0.29) is 28.3 Å². The van der Waals surface area contributed by atoms with Crippen molar-refractivity contribution >= 4 is 28.5 Å². The van der Waals surface area contributed by atoms with E-state index < -0.39 is 22.8 Å². The Kier molecular flexibility index (Phi) is 6.01. The normalized spacial score (nSPS) is 12.9. The molecule has 1 aromatic heterocycles. The summed E-state index contributed by atoms with van der Waals surface area (Å²) in [5.74, 6) is -2.04. The Labute approximate surface area is 178 Å². The third-order valence-corrected chi connectivity index (χ3v) is 5.77. The number of carboxylic acid groups (broad SMARTS) is 1. The maximum Gasteiger partial charge on any atom is 0.341 e. The van der Waals surface area contributed by atoms with Gasteiger partial charge in [0, 0.05) is 30.5 Å². The third-order valence-electron chi connectivity index (χ3n) is 5.48. The lowest BCUT2D eigenvalue weighted by Crippen LogP contribution is -2.32. The first-order chi connectivity index (χ1) is 14.0. The zero-order valence-corrected chi connectivity index (χ0v) is 17.7. The van der Waals surface area contributed by atoms with E-state index in [9.17, 15) is 24.2 Å². The number of pyridine rings is 1. The van der Waals surface area contributed by atoms with Crippen LogP contribution >= 0.6 is 11.6 Å². The molecule has 0 aliphatic heterocycles. The van der Waals surface area contributed by atoms with Gasteiger partial charge in [-0.15, -0.1) is 0 Å². The molecule has 2 aromatic carbocycles. The zero-order chi connectivity index (χ0) is 22.2. The van der Waals surface area contributed by atoms with Crippen LogP contribution in [-0.2, 0) is 13.0 Å². The van der Waals surface area contributed by atoms with Crippen LogP contribution in [-0.4, -0.2) is 26.4 Å². The van der Waals surface area contributed by atoms with Crippen molar-refractivity contribution in [2.45, 2.75) is 39.3 Å². The Hall–Kier alpha value is -2.70. The summed E-state index contributed by atoms with van der Waals surface area (Å²) < 4.78 is 15.9. The van der Waals surface area contributed by atoms with Crippen molar-refractivity contribution in [1.82, 2.24) is 4.57 Å². The van der Waals surface area contributed by atoms with Gasteiger partial charge in [0.15, 0.2) is 0 Å². The number of carboxylic acids is 1. The molecule has 158 valence electrons. The highest BCUT2D eigenvalue weighted by Crippen LogP contribution is 2.24. The van der Waals surface area contributed by atoms with E-state index in [2.05, 4.69) is 0 Å². The van der Waals surface area contributed by atoms with Gasteiger partial charge < -0.3 is 14.8 Å². The van der Waals surface area contributed by atoms with Crippen LogP contribution in [0.5, 0.6) is 0 Å². The van der Waals surface area contributed by atoms with Gasteiger partial charge in [0.25, 0.3) is 0 Å². The van der Waals surface area contributed by atoms with Gasteiger partial charge in [0.05, 0.1) is 16.1 Å². The Morgan fingerprint density at radius 1 is 1.27 bits per heavy atom. The molecule has 1 atom stereocenters. The number of hydrogen-bond donors (Lipinski definition) is 2. The average Bonchev–Trinajstić information content (AvgIpc) is 2.66. The highest BCUT2D eigenvalue weighted by atomic mass is 35.5. The fourth-order valence-corrected chi connectivity index (χ4v) is 3.48. The lowest BCUT2D eigenvalue weighted by molar-refractivity contribution is 0.0181. The number of fused-ring (bicyclic) bond motifs is 1. The van der Waals surface area contributed by atoms with E-state index >= 15 is 0 Å². The smallest absolute Gasteiger partial charge is 0.341 e. The number of benzene rings is 2. The Morgan fingerprint density at radius 3 is 2.60 bits per heavy atom. The molecule has 0 spiro atoms. The largest absolute Gasteiger partial charge is 0.477 e. The first-order valence-electron chi connectivity index (χ1n) is 9.53. The van der Waals surface area contributed by atoms with Crippen molar-refractivity contribution in [3.63, 3.8) is 0 Å². The van der Waals surface area contributed by atoms with Crippen LogP contribution in [0.3, 0.4) is 0 Å². The molecule has 0 unspecified atom stereocenters. The van der Waals surface area contributed by atoms with Crippen LogP contribution in [0.2, 0.25) is 5.02 Å². The average molecular weight is 432 g/mol. The van der Waals surface area contributed by atoms with Gasteiger partial charge in [-0.3, -0.25) is 4.79 Å². The van der Waals surface area contributed by atoms with Gasteiger partial charge in [-0.05, 0) is 43.2 Å². The predicted molar refractivity (Wildman–Crippen MR) is 115 cm³/mol. The second kappa shape index (κ2) is 8.20. The van der Waals surface area contributed by atoms with E-state index in [1.165, 1.54) is 12.3 Å². The predicted octanol–water partition coefficient (Wildman–Crippen LogP) is 4.49.